The number of nitrogens with one attached hydrogen (secondary N) is 2. The van der Waals surface area contributed by atoms with Crippen molar-refractivity contribution in [3.63, 3.8) is 0 Å². The van der Waals surface area contributed by atoms with Crippen molar-refractivity contribution in [2.24, 2.45) is 0 Å². The number of hydrogen-bond acceptors (Lipinski definition) is 3. The molecule has 0 aromatic carbocycles. The van der Waals surface area contributed by atoms with E-state index in [1.807, 2.05) is 6.92 Å². The third kappa shape index (κ3) is 10.7. The molecule has 0 aliphatic rings. The lowest BCUT2D eigenvalue weighted by Gasteiger charge is -2.13. The van der Waals surface area contributed by atoms with Crippen LogP contribution in [0.15, 0.2) is 0 Å². The van der Waals surface area contributed by atoms with Gasteiger partial charge in [0, 0.05) is 6.04 Å². The Morgan fingerprint density at radius 1 is 1.06 bits per heavy atom. The second-order valence-electron chi connectivity index (χ2n) is 4.58. The molecule has 0 aromatic rings. The van der Waals surface area contributed by atoms with E-state index in [4.69, 9.17) is 0 Å². The van der Waals surface area contributed by atoms with Gasteiger partial charge in [-0.1, -0.05) is 26.7 Å². The topological polar surface area (TPSA) is 58.2 Å². The Morgan fingerprint density at radius 2 is 1.76 bits per heavy atom. The molecule has 1 unspecified atom stereocenters. The molecule has 0 heterocycles. The van der Waals surface area contributed by atoms with Crippen molar-refractivity contribution < 1.29 is 8.42 Å². The minimum absolute atomic E-state index is 0.0588. The smallest absolute Gasteiger partial charge is 0.211 e. The molecule has 0 bridgehead atoms. The van der Waals surface area contributed by atoms with Crippen LogP contribution in [0.25, 0.3) is 0 Å². The predicted molar refractivity (Wildman–Crippen MR) is 73.7 cm³/mol. The van der Waals surface area contributed by atoms with Gasteiger partial charge in [0.25, 0.3) is 0 Å². The van der Waals surface area contributed by atoms with Gasteiger partial charge in [-0.05, 0) is 39.3 Å². The highest BCUT2D eigenvalue weighted by Gasteiger charge is 2.13. The molecule has 0 rings (SSSR count). The van der Waals surface area contributed by atoms with Gasteiger partial charge >= 0.3 is 0 Å². The van der Waals surface area contributed by atoms with Crippen LogP contribution in [0.5, 0.6) is 0 Å². The van der Waals surface area contributed by atoms with Crippen molar-refractivity contribution in [3.8, 4) is 0 Å². The molecule has 0 fully saturated rings. The Labute approximate surface area is 107 Å². The Kier molecular flexibility index (Phi) is 9.78. The lowest BCUT2D eigenvalue weighted by molar-refractivity contribution is 0.531. The molecule has 4 nitrogen and oxygen atoms in total. The Balaban J connectivity index is 3.72. The summed E-state index contributed by atoms with van der Waals surface area (Å²) in [5.74, 6) is 0.222. The maximum Gasteiger partial charge on any atom is 0.211 e. The van der Waals surface area contributed by atoms with E-state index in [1.54, 1.807) is 0 Å². The Hall–Kier alpha value is -0.130. The molecule has 2 N–H and O–H groups in total. The van der Waals surface area contributed by atoms with Crippen molar-refractivity contribution in [1.82, 2.24) is 10.0 Å². The van der Waals surface area contributed by atoms with E-state index in [0.717, 1.165) is 38.8 Å². The van der Waals surface area contributed by atoms with E-state index in [-0.39, 0.29) is 11.8 Å². The zero-order chi connectivity index (χ0) is 13.1. The molecule has 0 saturated carbocycles. The highest BCUT2D eigenvalue weighted by molar-refractivity contribution is 7.89. The predicted octanol–water partition coefficient (Wildman–Crippen LogP) is 1.87. The summed E-state index contributed by atoms with van der Waals surface area (Å²) in [5.41, 5.74) is 0. The van der Waals surface area contributed by atoms with Crippen LogP contribution >= 0.6 is 0 Å². The van der Waals surface area contributed by atoms with E-state index in [1.165, 1.54) is 0 Å². The summed E-state index contributed by atoms with van der Waals surface area (Å²) in [6.45, 7) is 7.88. The van der Waals surface area contributed by atoms with E-state index in [0.29, 0.717) is 6.42 Å². The first-order valence-corrected chi connectivity index (χ1v) is 8.37. The maximum atomic E-state index is 11.7. The third-order valence-corrected chi connectivity index (χ3v) is 4.15. The summed E-state index contributed by atoms with van der Waals surface area (Å²) in [7, 11) is -3.09. The van der Waals surface area contributed by atoms with Gasteiger partial charge in [0.05, 0.1) is 5.75 Å². The number of rotatable bonds is 11. The van der Waals surface area contributed by atoms with Gasteiger partial charge in [0.2, 0.25) is 10.0 Å². The quantitative estimate of drug-likeness (QED) is 0.560. The van der Waals surface area contributed by atoms with E-state index >= 15 is 0 Å². The van der Waals surface area contributed by atoms with E-state index in [2.05, 4.69) is 23.9 Å². The molecule has 0 aliphatic heterocycles. The number of sulfonamides is 1. The maximum absolute atomic E-state index is 11.7. The first-order valence-electron chi connectivity index (χ1n) is 6.72. The molecule has 5 heteroatoms. The molecule has 0 spiro atoms. The molecule has 104 valence electrons. The average Bonchev–Trinajstić information content (AvgIpc) is 2.25. The van der Waals surface area contributed by atoms with Crippen LogP contribution in [0.3, 0.4) is 0 Å². The lowest BCUT2D eigenvalue weighted by Crippen LogP contribution is -2.35. The van der Waals surface area contributed by atoms with Gasteiger partial charge in [0.15, 0.2) is 0 Å². The standard InChI is InChI=1S/C12H28N2O2S/c1-4-6-8-12(3)14-17(15,16)11-7-10-13-9-5-2/h12-14H,4-11H2,1-3H3. The van der Waals surface area contributed by atoms with Crippen molar-refractivity contribution in [2.75, 3.05) is 18.8 Å². The second kappa shape index (κ2) is 9.85. The molecular weight excluding hydrogens is 236 g/mol. The highest BCUT2D eigenvalue weighted by Crippen LogP contribution is 2.01. The zero-order valence-corrected chi connectivity index (χ0v) is 12.3. The van der Waals surface area contributed by atoms with E-state index < -0.39 is 10.0 Å². The number of unbranched alkanes of at least 4 members (excludes halogenated alkanes) is 1. The zero-order valence-electron chi connectivity index (χ0n) is 11.5. The summed E-state index contributed by atoms with van der Waals surface area (Å²) in [5, 5.41) is 3.20. The summed E-state index contributed by atoms with van der Waals surface area (Å²) < 4.78 is 26.1. The molecule has 0 aromatic heterocycles. The third-order valence-electron chi connectivity index (χ3n) is 2.56. The summed E-state index contributed by atoms with van der Waals surface area (Å²) >= 11 is 0. The lowest BCUT2D eigenvalue weighted by atomic mass is 10.2. The monoisotopic (exact) mass is 264 g/mol. The minimum atomic E-state index is -3.09. The fourth-order valence-corrected chi connectivity index (χ4v) is 3.00. The Morgan fingerprint density at radius 3 is 2.35 bits per heavy atom. The van der Waals surface area contributed by atoms with Crippen molar-refractivity contribution in [1.29, 1.82) is 0 Å². The first-order chi connectivity index (χ1) is 8.02. The molecule has 17 heavy (non-hydrogen) atoms. The van der Waals surface area contributed by atoms with Crippen LogP contribution in [-0.4, -0.2) is 33.3 Å². The van der Waals surface area contributed by atoms with Gasteiger partial charge in [0.1, 0.15) is 0 Å². The molecule has 0 saturated heterocycles. The molecule has 0 radical (unpaired) electrons. The van der Waals surface area contributed by atoms with Crippen molar-refractivity contribution in [3.05, 3.63) is 0 Å². The fourth-order valence-electron chi connectivity index (χ4n) is 1.62. The van der Waals surface area contributed by atoms with Crippen molar-refractivity contribution >= 4 is 10.0 Å². The van der Waals surface area contributed by atoms with Gasteiger partial charge in [-0.2, -0.15) is 0 Å². The largest absolute Gasteiger partial charge is 0.317 e. The molecule has 0 amide bonds. The minimum Gasteiger partial charge on any atom is -0.317 e. The summed E-state index contributed by atoms with van der Waals surface area (Å²) in [6.07, 6.45) is 4.85. The molecule has 1 atom stereocenters. The SMILES string of the molecule is CCCCC(C)NS(=O)(=O)CCCNCCC. The van der Waals surface area contributed by atoms with Crippen LogP contribution in [-0.2, 0) is 10.0 Å². The summed E-state index contributed by atoms with van der Waals surface area (Å²) in [6, 6.07) is 0.0588. The Bertz CT molecular complexity index is 266. The van der Waals surface area contributed by atoms with Gasteiger partial charge in [-0.15, -0.1) is 0 Å². The molecule has 0 aliphatic carbocycles. The highest BCUT2D eigenvalue weighted by atomic mass is 32.2. The van der Waals surface area contributed by atoms with Crippen LogP contribution in [0.1, 0.15) is 52.9 Å². The van der Waals surface area contributed by atoms with Crippen molar-refractivity contribution in [2.45, 2.75) is 58.9 Å². The van der Waals surface area contributed by atoms with E-state index in [9.17, 15) is 8.42 Å². The van der Waals surface area contributed by atoms with Gasteiger partial charge in [-0.25, -0.2) is 13.1 Å². The summed E-state index contributed by atoms with van der Waals surface area (Å²) in [4.78, 5) is 0. The normalized spacial score (nSPS) is 13.8. The van der Waals surface area contributed by atoms with Gasteiger partial charge in [-0.3, -0.25) is 0 Å². The first kappa shape index (κ1) is 16.9. The molecular formula is C12H28N2O2S. The number of hydrogen-bond donors (Lipinski definition) is 2. The van der Waals surface area contributed by atoms with Crippen LogP contribution in [0, 0.1) is 0 Å². The van der Waals surface area contributed by atoms with Crippen LogP contribution in [0.2, 0.25) is 0 Å². The second-order valence-corrected chi connectivity index (χ2v) is 6.46. The van der Waals surface area contributed by atoms with Crippen LogP contribution in [0.4, 0.5) is 0 Å². The average molecular weight is 264 g/mol. The fraction of sp³-hybridized carbons (Fsp3) is 1.00. The van der Waals surface area contributed by atoms with Gasteiger partial charge < -0.3 is 5.32 Å². The van der Waals surface area contributed by atoms with Crippen LogP contribution < -0.4 is 10.0 Å².